The summed E-state index contributed by atoms with van der Waals surface area (Å²) >= 11 is 4.83. The second-order valence-corrected chi connectivity index (χ2v) is 3.44. The average Bonchev–Trinajstić information content (AvgIpc) is 2.46. The molecule has 1 aromatic rings. The van der Waals surface area contributed by atoms with Crippen LogP contribution in [0.5, 0.6) is 0 Å². The van der Waals surface area contributed by atoms with E-state index in [0.29, 0.717) is 11.2 Å². The van der Waals surface area contributed by atoms with Gasteiger partial charge >= 0.3 is 5.97 Å². The number of nitrogens with one attached hydrogen (secondary N) is 1. The molecule has 0 aliphatic heterocycles. The first kappa shape index (κ1) is 8.37. The van der Waals surface area contributed by atoms with Crippen LogP contribution in [-0.2, 0) is 11.2 Å². The molecule has 0 fully saturated rings. The average molecular weight is 196 g/mol. The maximum atomic E-state index is 10.8. The number of hydrogen-bond donors (Lipinski definition) is 2. The molecule has 1 unspecified atom stereocenters. The van der Waals surface area contributed by atoms with Crippen LogP contribution in [-0.4, -0.2) is 21.0 Å². The van der Waals surface area contributed by atoms with Crippen LogP contribution in [0.1, 0.15) is 23.6 Å². The molecule has 0 amide bonds. The number of aliphatic carboxylic acids is 1. The predicted octanol–water partition coefficient (Wildman–Crippen LogP) is 1.25. The van der Waals surface area contributed by atoms with Gasteiger partial charge in [-0.05, 0) is 30.6 Å². The molecule has 1 heterocycles. The number of rotatable bonds is 1. The molecule has 0 saturated heterocycles. The number of fused-ring (bicyclic) bond motifs is 1. The van der Waals surface area contributed by atoms with Crippen LogP contribution < -0.4 is 0 Å². The first-order valence-corrected chi connectivity index (χ1v) is 4.40. The fourth-order valence-corrected chi connectivity index (χ4v) is 1.80. The van der Waals surface area contributed by atoms with Crippen molar-refractivity contribution in [3.8, 4) is 0 Å². The number of aromatic amines is 1. The number of aromatic nitrogens is 2. The summed E-state index contributed by atoms with van der Waals surface area (Å²) in [5.74, 6) is -1.23. The Balaban J connectivity index is 2.52. The summed E-state index contributed by atoms with van der Waals surface area (Å²) in [6, 6.07) is 0. The van der Waals surface area contributed by atoms with Crippen molar-refractivity contribution in [2.45, 2.75) is 18.8 Å². The lowest BCUT2D eigenvalue weighted by Crippen LogP contribution is -2.09. The highest BCUT2D eigenvalue weighted by atomic mass is 32.1. The number of carboxylic acid groups (broad SMARTS) is 1. The zero-order valence-electron chi connectivity index (χ0n) is 6.78. The Bertz CT molecular complexity index is 413. The van der Waals surface area contributed by atoms with E-state index in [4.69, 9.17) is 17.3 Å². The minimum atomic E-state index is -0.796. The highest BCUT2D eigenvalue weighted by Crippen LogP contribution is 2.30. The van der Waals surface area contributed by atoms with E-state index >= 15 is 0 Å². The molecule has 68 valence electrons. The van der Waals surface area contributed by atoms with Crippen LogP contribution in [0.4, 0.5) is 0 Å². The summed E-state index contributed by atoms with van der Waals surface area (Å²) in [4.78, 5) is 17.6. The molecule has 5 heteroatoms. The summed E-state index contributed by atoms with van der Waals surface area (Å²) in [6.07, 6.45) is 3.07. The van der Waals surface area contributed by atoms with Gasteiger partial charge in [0, 0.05) is 11.9 Å². The fourth-order valence-electron chi connectivity index (χ4n) is 1.64. The number of H-pyrrole nitrogens is 1. The standard InChI is InChI=1S/C8H8N2O2S/c11-7(12)5-2-1-4-3-9-8(13)10-6(4)5/h3,5H,1-2H2,(H,11,12)(H,9,10,13). The molecule has 0 radical (unpaired) electrons. The highest BCUT2D eigenvalue weighted by Gasteiger charge is 2.29. The molecule has 1 aromatic heterocycles. The molecular weight excluding hydrogens is 188 g/mol. The molecule has 2 N–H and O–H groups in total. The third kappa shape index (κ3) is 1.35. The Labute approximate surface area is 79.6 Å². The number of carbonyl (C=O) groups is 1. The van der Waals surface area contributed by atoms with Crippen molar-refractivity contribution in [1.29, 1.82) is 0 Å². The second-order valence-electron chi connectivity index (χ2n) is 3.06. The van der Waals surface area contributed by atoms with Gasteiger partial charge < -0.3 is 10.1 Å². The first-order chi connectivity index (χ1) is 6.18. The van der Waals surface area contributed by atoms with Crippen molar-refractivity contribution < 1.29 is 9.90 Å². The van der Waals surface area contributed by atoms with Gasteiger partial charge in [-0.25, -0.2) is 4.98 Å². The summed E-state index contributed by atoms with van der Waals surface area (Å²) < 4.78 is 0.354. The van der Waals surface area contributed by atoms with Crippen molar-refractivity contribution in [3.05, 3.63) is 22.2 Å². The maximum Gasteiger partial charge on any atom is 0.312 e. The summed E-state index contributed by atoms with van der Waals surface area (Å²) in [5.41, 5.74) is 1.70. The van der Waals surface area contributed by atoms with Gasteiger partial charge in [0.15, 0.2) is 4.77 Å². The molecule has 0 aromatic carbocycles. The minimum absolute atomic E-state index is 0.354. The van der Waals surface area contributed by atoms with Gasteiger partial charge in [0.2, 0.25) is 0 Å². The Kier molecular flexibility index (Phi) is 1.88. The Morgan fingerprint density at radius 3 is 3.23 bits per heavy atom. The van der Waals surface area contributed by atoms with Gasteiger partial charge in [-0.3, -0.25) is 4.79 Å². The lowest BCUT2D eigenvalue weighted by atomic mass is 10.1. The van der Waals surface area contributed by atoms with E-state index in [1.54, 1.807) is 6.20 Å². The van der Waals surface area contributed by atoms with Crippen LogP contribution in [0.2, 0.25) is 0 Å². The Hall–Kier alpha value is -1.23. The topological polar surface area (TPSA) is 66.0 Å². The van der Waals surface area contributed by atoms with Crippen molar-refractivity contribution in [2.75, 3.05) is 0 Å². The zero-order chi connectivity index (χ0) is 9.42. The maximum absolute atomic E-state index is 10.8. The van der Waals surface area contributed by atoms with Crippen molar-refractivity contribution in [1.82, 2.24) is 9.97 Å². The molecule has 1 atom stereocenters. The summed E-state index contributed by atoms with van der Waals surface area (Å²) in [7, 11) is 0. The molecule has 0 spiro atoms. The quantitative estimate of drug-likeness (QED) is 0.663. The molecule has 13 heavy (non-hydrogen) atoms. The second kappa shape index (κ2) is 2.92. The predicted molar refractivity (Wildman–Crippen MR) is 48.1 cm³/mol. The van der Waals surface area contributed by atoms with Crippen LogP contribution in [0.3, 0.4) is 0 Å². The SMILES string of the molecule is O=C(O)C1CCc2cnc(=S)[nH]c21. The number of aryl methyl sites for hydroxylation is 1. The zero-order valence-corrected chi connectivity index (χ0v) is 7.60. The monoisotopic (exact) mass is 196 g/mol. The van der Waals surface area contributed by atoms with E-state index in [2.05, 4.69) is 9.97 Å². The van der Waals surface area contributed by atoms with Crippen LogP contribution >= 0.6 is 12.2 Å². The van der Waals surface area contributed by atoms with Gasteiger partial charge in [-0.2, -0.15) is 0 Å². The van der Waals surface area contributed by atoms with Gasteiger partial charge in [0.25, 0.3) is 0 Å². The van der Waals surface area contributed by atoms with Gasteiger partial charge in [-0.15, -0.1) is 0 Å². The van der Waals surface area contributed by atoms with Crippen molar-refractivity contribution >= 4 is 18.2 Å². The summed E-state index contributed by atoms with van der Waals surface area (Å²) in [6.45, 7) is 0. The molecular formula is C8H8N2O2S. The summed E-state index contributed by atoms with van der Waals surface area (Å²) in [5, 5.41) is 8.88. The smallest absolute Gasteiger partial charge is 0.312 e. The number of hydrogen-bond acceptors (Lipinski definition) is 3. The van der Waals surface area contributed by atoms with Gasteiger partial charge in [0.1, 0.15) is 0 Å². The van der Waals surface area contributed by atoms with Gasteiger partial charge in [0.05, 0.1) is 5.92 Å². The van der Waals surface area contributed by atoms with E-state index in [1.165, 1.54) is 0 Å². The lowest BCUT2D eigenvalue weighted by molar-refractivity contribution is -0.138. The van der Waals surface area contributed by atoms with Gasteiger partial charge in [-0.1, -0.05) is 0 Å². The first-order valence-electron chi connectivity index (χ1n) is 3.99. The third-order valence-corrected chi connectivity index (χ3v) is 2.48. The lowest BCUT2D eigenvalue weighted by Gasteiger charge is -2.04. The molecule has 1 aliphatic rings. The normalized spacial score (nSPS) is 19.8. The van der Waals surface area contributed by atoms with Crippen LogP contribution in [0.25, 0.3) is 0 Å². The van der Waals surface area contributed by atoms with E-state index in [1.807, 2.05) is 0 Å². The largest absolute Gasteiger partial charge is 0.481 e. The van der Waals surface area contributed by atoms with E-state index in [0.717, 1.165) is 17.7 Å². The molecule has 2 rings (SSSR count). The fraction of sp³-hybridized carbons (Fsp3) is 0.375. The Morgan fingerprint density at radius 1 is 1.77 bits per heavy atom. The number of nitrogens with zero attached hydrogens (tertiary/aromatic N) is 1. The van der Waals surface area contributed by atoms with E-state index in [9.17, 15) is 4.79 Å². The molecule has 0 bridgehead atoms. The number of carboxylic acids is 1. The van der Waals surface area contributed by atoms with Crippen LogP contribution in [0.15, 0.2) is 6.20 Å². The highest BCUT2D eigenvalue weighted by molar-refractivity contribution is 7.71. The van der Waals surface area contributed by atoms with Crippen molar-refractivity contribution in [2.24, 2.45) is 0 Å². The van der Waals surface area contributed by atoms with Crippen LogP contribution in [0, 0.1) is 4.77 Å². The van der Waals surface area contributed by atoms with E-state index < -0.39 is 11.9 Å². The van der Waals surface area contributed by atoms with Crippen molar-refractivity contribution in [3.63, 3.8) is 0 Å². The van der Waals surface area contributed by atoms with E-state index in [-0.39, 0.29) is 0 Å². The molecule has 4 nitrogen and oxygen atoms in total. The molecule has 0 saturated carbocycles. The Morgan fingerprint density at radius 2 is 2.54 bits per heavy atom. The minimum Gasteiger partial charge on any atom is -0.481 e. The molecule has 1 aliphatic carbocycles. The third-order valence-electron chi connectivity index (χ3n) is 2.27.